The monoisotopic (exact) mass is 314 g/mol. The predicted octanol–water partition coefficient (Wildman–Crippen LogP) is 3.32. The molecule has 0 spiro atoms. The molecular formula is C18H22N2O3. The second-order valence-corrected chi connectivity index (χ2v) is 5.26. The Morgan fingerprint density at radius 1 is 1.09 bits per heavy atom. The number of hydrogen-bond donors (Lipinski definition) is 1. The van der Waals surface area contributed by atoms with E-state index >= 15 is 0 Å². The quantitative estimate of drug-likeness (QED) is 0.484. The lowest BCUT2D eigenvalue weighted by Gasteiger charge is -2.10. The third-order valence-corrected chi connectivity index (χ3v) is 3.07. The van der Waals surface area contributed by atoms with Crippen molar-refractivity contribution in [2.75, 3.05) is 7.11 Å². The smallest absolute Gasteiger partial charge is 0.174 e. The second-order valence-electron chi connectivity index (χ2n) is 5.26. The van der Waals surface area contributed by atoms with E-state index in [0.29, 0.717) is 17.9 Å². The molecule has 5 heteroatoms. The van der Waals surface area contributed by atoms with E-state index in [1.54, 1.807) is 7.11 Å². The van der Waals surface area contributed by atoms with Crippen LogP contribution in [0.3, 0.4) is 0 Å². The molecule has 0 bridgehead atoms. The number of methoxy groups -OCH3 is 1. The first-order valence-corrected chi connectivity index (χ1v) is 7.44. The molecule has 5 nitrogen and oxygen atoms in total. The average Bonchev–Trinajstić information content (AvgIpc) is 2.55. The summed E-state index contributed by atoms with van der Waals surface area (Å²) in [6.07, 6.45) is 0.155. The highest BCUT2D eigenvalue weighted by Gasteiger charge is 2.06. The van der Waals surface area contributed by atoms with Gasteiger partial charge in [-0.1, -0.05) is 29.4 Å². The number of hydrogen-bond acceptors (Lipinski definition) is 4. The van der Waals surface area contributed by atoms with Gasteiger partial charge < -0.3 is 20.0 Å². The van der Waals surface area contributed by atoms with E-state index in [0.717, 1.165) is 11.3 Å². The molecule has 122 valence electrons. The summed E-state index contributed by atoms with van der Waals surface area (Å²) in [6, 6.07) is 15.1. The lowest BCUT2D eigenvalue weighted by Crippen LogP contribution is -2.15. The van der Waals surface area contributed by atoms with Crippen molar-refractivity contribution in [3.05, 3.63) is 59.7 Å². The van der Waals surface area contributed by atoms with Crippen LogP contribution in [0.5, 0.6) is 11.5 Å². The highest BCUT2D eigenvalue weighted by atomic mass is 16.6. The predicted molar refractivity (Wildman–Crippen MR) is 90.7 cm³/mol. The SMILES string of the molecule is COc1ccccc1/C(N)=N/OCc1ccc(OC(C)C)cc1. The minimum Gasteiger partial charge on any atom is -0.496 e. The largest absolute Gasteiger partial charge is 0.496 e. The second kappa shape index (κ2) is 8.08. The highest BCUT2D eigenvalue weighted by Crippen LogP contribution is 2.17. The van der Waals surface area contributed by atoms with Crippen molar-refractivity contribution in [1.29, 1.82) is 0 Å². The molecular weight excluding hydrogens is 292 g/mol. The molecule has 0 aliphatic carbocycles. The number of ether oxygens (including phenoxy) is 2. The molecule has 2 rings (SSSR count). The van der Waals surface area contributed by atoms with Crippen molar-refractivity contribution in [1.82, 2.24) is 0 Å². The van der Waals surface area contributed by atoms with Gasteiger partial charge in [-0.25, -0.2) is 0 Å². The molecule has 23 heavy (non-hydrogen) atoms. The number of oxime groups is 1. The van der Waals surface area contributed by atoms with E-state index in [9.17, 15) is 0 Å². The van der Waals surface area contributed by atoms with Crippen LogP contribution in [0.1, 0.15) is 25.0 Å². The van der Waals surface area contributed by atoms with Gasteiger partial charge in [0.15, 0.2) is 5.84 Å². The first-order chi connectivity index (χ1) is 11.1. The summed E-state index contributed by atoms with van der Waals surface area (Å²) in [5.74, 6) is 1.77. The number of para-hydroxylation sites is 1. The molecule has 0 unspecified atom stereocenters. The molecule has 0 saturated carbocycles. The zero-order valence-corrected chi connectivity index (χ0v) is 13.7. The molecule has 0 atom stereocenters. The Bertz CT molecular complexity index is 652. The Morgan fingerprint density at radius 3 is 2.43 bits per heavy atom. The van der Waals surface area contributed by atoms with Crippen molar-refractivity contribution in [2.24, 2.45) is 10.9 Å². The molecule has 2 aromatic carbocycles. The molecule has 0 saturated heterocycles. The van der Waals surface area contributed by atoms with Crippen LogP contribution in [0.2, 0.25) is 0 Å². The van der Waals surface area contributed by atoms with Gasteiger partial charge in [0.05, 0.1) is 18.8 Å². The van der Waals surface area contributed by atoms with E-state index in [1.165, 1.54) is 0 Å². The van der Waals surface area contributed by atoms with Gasteiger partial charge >= 0.3 is 0 Å². The topological polar surface area (TPSA) is 66.1 Å². The maximum atomic E-state index is 5.94. The third-order valence-electron chi connectivity index (χ3n) is 3.07. The summed E-state index contributed by atoms with van der Waals surface area (Å²) in [6.45, 7) is 4.32. The molecule has 0 aliphatic rings. The highest BCUT2D eigenvalue weighted by molar-refractivity contribution is 5.99. The van der Waals surface area contributed by atoms with Gasteiger partial charge in [0.2, 0.25) is 0 Å². The Morgan fingerprint density at radius 2 is 1.78 bits per heavy atom. The van der Waals surface area contributed by atoms with Gasteiger partial charge in [-0.2, -0.15) is 0 Å². The lowest BCUT2D eigenvalue weighted by atomic mass is 10.2. The normalized spacial score (nSPS) is 11.4. The number of nitrogens with zero attached hydrogens (tertiary/aromatic N) is 1. The number of rotatable bonds is 7. The van der Waals surface area contributed by atoms with Gasteiger partial charge in [-0.15, -0.1) is 0 Å². The molecule has 0 amide bonds. The maximum absolute atomic E-state index is 5.94. The van der Waals surface area contributed by atoms with Gasteiger partial charge in [-0.05, 0) is 43.7 Å². The first-order valence-electron chi connectivity index (χ1n) is 7.44. The Labute approximate surface area is 136 Å². The van der Waals surface area contributed by atoms with Crippen molar-refractivity contribution in [3.63, 3.8) is 0 Å². The van der Waals surface area contributed by atoms with Crippen LogP contribution in [-0.4, -0.2) is 19.0 Å². The maximum Gasteiger partial charge on any atom is 0.174 e. The molecule has 0 aliphatic heterocycles. The van der Waals surface area contributed by atoms with Crippen molar-refractivity contribution < 1.29 is 14.3 Å². The first kappa shape index (κ1) is 16.7. The van der Waals surface area contributed by atoms with Crippen LogP contribution >= 0.6 is 0 Å². The van der Waals surface area contributed by atoms with Crippen LogP contribution in [0.15, 0.2) is 53.7 Å². The fourth-order valence-corrected chi connectivity index (χ4v) is 2.02. The van der Waals surface area contributed by atoms with Gasteiger partial charge in [0.25, 0.3) is 0 Å². The van der Waals surface area contributed by atoms with Gasteiger partial charge in [0.1, 0.15) is 18.1 Å². The zero-order valence-electron chi connectivity index (χ0n) is 13.7. The molecule has 2 N–H and O–H groups in total. The van der Waals surface area contributed by atoms with Gasteiger partial charge in [0, 0.05) is 0 Å². The summed E-state index contributed by atoms with van der Waals surface area (Å²) < 4.78 is 10.8. The summed E-state index contributed by atoms with van der Waals surface area (Å²) in [5.41, 5.74) is 7.63. The molecule has 0 fully saturated rings. The van der Waals surface area contributed by atoms with E-state index in [4.69, 9.17) is 20.0 Å². The Kier molecular flexibility index (Phi) is 5.86. The van der Waals surface area contributed by atoms with E-state index in [1.807, 2.05) is 62.4 Å². The minimum atomic E-state index is 0.155. The van der Waals surface area contributed by atoms with Gasteiger partial charge in [-0.3, -0.25) is 0 Å². The van der Waals surface area contributed by atoms with E-state index < -0.39 is 0 Å². The van der Waals surface area contributed by atoms with Crippen LogP contribution in [-0.2, 0) is 11.4 Å². The lowest BCUT2D eigenvalue weighted by molar-refractivity contribution is 0.130. The molecule has 2 aromatic rings. The van der Waals surface area contributed by atoms with Crippen molar-refractivity contribution in [2.45, 2.75) is 26.6 Å². The molecule has 0 radical (unpaired) electrons. The van der Waals surface area contributed by atoms with Crippen LogP contribution < -0.4 is 15.2 Å². The molecule has 0 aromatic heterocycles. The Hall–Kier alpha value is -2.69. The zero-order chi connectivity index (χ0) is 16.7. The number of amidine groups is 1. The Balaban J connectivity index is 1.95. The van der Waals surface area contributed by atoms with E-state index in [-0.39, 0.29) is 11.9 Å². The summed E-state index contributed by atoms with van der Waals surface area (Å²) in [5, 5.41) is 3.95. The van der Waals surface area contributed by atoms with E-state index in [2.05, 4.69) is 5.16 Å². The third kappa shape index (κ3) is 4.92. The summed E-state index contributed by atoms with van der Waals surface area (Å²) in [7, 11) is 1.59. The van der Waals surface area contributed by atoms with Crippen LogP contribution in [0, 0.1) is 0 Å². The average molecular weight is 314 g/mol. The number of benzene rings is 2. The standard InChI is InChI=1S/C18H22N2O3/c1-13(2)23-15-10-8-14(9-11-15)12-22-20-18(19)16-6-4-5-7-17(16)21-3/h4-11,13H,12H2,1-3H3,(H2,19,20). The summed E-state index contributed by atoms with van der Waals surface area (Å²) >= 11 is 0. The fraction of sp³-hybridized carbons (Fsp3) is 0.278. The minimum absolute atomic E-state index is 0.155. The van der Waals surface area contributed by atoms with Crippen LogP contribution in [0.4, 0.5) is 0 Å². The van der Waals surface area contributed by atoms with Crippen LogP contribution in [0.25, 0.3) is 0 Å². The summed E-state index contributed by atoms with van der Waals surface area (Å²) in [4.78, 5) is 5.32. The number of nitrogens with two attached hydrogens (primary N) is 1. The van der Waals surface area contributed by atoms with Crippen molar-refractivity contribution in [3.8, 4) is 11.5 Å². The van der Waals surface area contributed by atoms with Crippen molar-refractivity contribution >= 4 is 5.84 Å². The molecule has 0 heterocycles. The fourth-order valence-electron chi connectivity index (χ4n) is 2.02.